The highest BCUT2D eigenvalue weighted by Gasteiger charge is 2.16. The molecule has 0 aliphatic heterocycles. The molecule has 4 nitrogen and oxygen atoms in total. The molecule has 0 radical (unpaired) electrons. The summed E-state index contributed by atoms with van der Waals surface area (Å²) in [6.45, 7) is 8.15. The summed E-state index contributed by atoms with van der Waals surface area (Å²) < 4.78 is 15.6. The van der Waals surface area contributed by atoms with Crippen LogP contribution < -0.4 is 10.6 Å². The van der Waals surface area contributed by atoms with Crippen LogP contribution in [-0.2, 0) is 9.09 Å². The molecule has 0 aliphatic rings. The predicted molar refractivity (Wildman–Crippen MR) is 62.7 cm³/mol. The van der Waals surface area contributed by atoms with Crippen molar-refractivity contribution in [2.75, 3.05) is 6.61 Å². The molecule has 0 saturated carbocycles. The first kappa shape index (κ1) is 17.5. The van der Waals surface area contributed by atoms with Crippen LogP contribution in [0.3, 0.4) is 0 Å². The molecule has 0 fully saturated rings. The molecule has 2 atom stereocenters. The van der Waals surface area contributed by atoms with Crippen molar-refractivity contribution in [2.45, 2.75) is 59.2 Å². The van der Waals surface area contributed by atoms with Crippen LogP contribution in [0.15, 0.2) is 0 Å². The minimum absolute atomic E-state index is 0.231. The van der Waals surface area contributed by atoms with Crippen molar-refractivity contribution in [3.8, 4) is 0 Å². The standard InChI is InChI=1S/C6H16NO3P.C4H10/c1-3-5-10-11(8,9)6(7)4-2;1-3-4-2/h6H,3-5,7H2,1-2H3,(H,8,9);3-4H2,1-2H3/p-1. The van der Waals surface area contributed by atoms with Crippen molar-refractivity contribution >= 4 is 7.60 Å². The van der Waals surface area contributed by atoms with E-state index in [-0.39, 0.29) is 6.61 Å². The largest absolute Gasteiger partial charge is 0.777 e. The molecular formula is C10H25NO3P-. The molecule has 0 amide bonds. The molecule has 0 saturated heterocycles. The van der Waals surface area contributed by atoms with Crippen LogP contribution in [0.1, 0.15) is 53.4 Å². The Kier molecular flexibility index (Phi) is 12.4. The van der Waals surface area contributed by atoms with Crippen LogP contribution in [0.25, 0.3) is 0 Å². The molecule has 5 heteroatoms. The second-order valence-electron chi connectivity index (χ2n) is 3.35. The van der Waals surface area contributed by atoms with Gasteiger partial charge in [-0.3, -0.25) is 0 Å². The summed E-state index contributed by atoms with van der Waals surface area (Å²) in [7, 11) is -3.77. The lowest BCUT2D eigenvalue weighted by atomic mass is 10.4. The zero-order chi connectivity index (χ0) is 12.3. The Balaban J connectivity index is 0. The molecule has 0 bridgehead atoms. The van der Waals surface area contributed by atoms with Gasteiger partial charge in [0, 0.05) is 0 Å². The SMILES string of the molecule is CCCC.CCCOP(=O)([O-])C(N)CC. The number of hydrogen-bond acceptors (Lipinski definition) is 4. The highest BCUT2D eigenvalue weighted by atomic mass is 31.2. The maximum Gasteiger partial charge on any atom is 0.151 e. The van der Waals surface area contributed by atoms with Gasteiger partial charge in [0.25, 0.3) is 0 Å². The quantitative estimate of drug-likeness (QED) is 0.721. The van der Waals surface area contributed by atoms with Crippen molar-refractivity contribution in [3.63, 3.8) is 0 Å². The molecule has 94 valence electrons. The fraction of sp³-hybridized carbons (Fsp3) is 1.00. The Morgan fingerprint density at radius 2 is 1.67 bits per heavy atom. The molecular weight excluding hydrogens is 213 g/mol. The van der Waals surface area contributed by atoms with Crippen LogP contribution in [0, 0.1) is 0 Å². The van der Waals surface area contributed by atoms with Gasteiger partial charge in [-0.25, -0.2) is 0 Å². The van der Waals surface area contributed by atoms with Crippen molar-refractivity contribution in [1.29, 1.82) is 0 Å². The minimum Gasteiger partial charge on any atom is -0.777 e. The van der Waals surface area contributed by atoms with Gasteiger partial charge in [-0.2, -0.15) is 0 Å². The number of hydrogen-bond donors (Lipinski definition) is 1. The van der Waals surface area contributed by atoms with Crippen molar-refractivity contribution in [1.82, 2.24) is 0 Å². The van der Waals surface area contributed by atoms with E-state index in [0.717, 1.165) is 0 Å². The summed E-state index contributed by atoms with van der Waals surface area (Å²) in [6, 6.07) is 0. The molecule has 0 aromatic carbocycles. The van der Waals surface area contributed by atoms with Gasteiger partial charge in [-0.05, 0) is 12.8 Å². The average Bonchev–Trinajstić information content (AvgIpc) is 2.25. The van der Waals surface area contributed by atoms with Crippen LogP contribution in [-0.4, -0.2) is 12.4 Å². The second kappa shape index (κ2) is 10.6. The molecule has 0 rings (SSSR count). The van der Waals surface area contributed by atoms with Crippen LogP contribution >= 0.6 is 7.60 Å². The third-order valence-electron chi connectivity index (χ3n) is 1.80. The molecule has 2 unspecified atom stereocenters. The van der Waals surface area contributed by atoms with E-state index >= 15 is 0 Å². The highest BCUT2D eigenvalue weighted by Crippen LogP contribution is 2.41. The zero-order valence-corrected chi connectivity index (χ0v) is 11.3. The van der Waals surface area contributed by atoms with E-state index in [1.807, 2.05) is 6.92 Å². The number of rotatable bonds is 6. The fourth-order valence-corrected chi connectivity index (χ4v) is 1.61. The van der Waals surface area contributed by atoms with Gasteiger partial charge in [-0.15, -0.1) is 0 Å². The van der Waals surface area contributed by atoms with Crippen molar-refractivity contribution in [3.05, 3.63) is 0 Å². The van der Waals surface area contributed by atoms with E-state index < -0.39 is 13.4 Å². The van der Waals surface area contributed by atoms with E-state index in [2.05, 4.69) is 18.4 Å². The summed E-state index contributed by atoms with van der Waals surface area (Å²) in [4.78, 5) is 11.0. The molecule has 15 heavy (non-hydrogen) atoms. The van der Waals surface area contributed by atoms with Gasteiger partial charge in [0.2, 0.25) is 0 Å². The summed E-state index contributed by atoms with van der Waals surface area (Å²) in [5.74, 6) is -0.853. The normalized spacial score (nSPS) is 16.1. The maximum atomic E-state index is 11.0. The zero-order valence-electron chi connectivity index (χ0n) is 10.4. The Labute approximate surface area is 93.7 Å². The van der Waals surface area contributed by atoms with E-state index in [1.165, 1.54) is 12.8 Å². The molecule has 0 heterocycles. The Hall–Kier alpha value is 0.110. The second-order valence-corrected chi connectivity index (χ2v) is 5.35. The summed E-state index contributed by atoms with van der Waals surface area (Å²) in [6.07, 6.45) is 3.72. The Bertz CT molecular complexity index is 174. The molecule has 2 N–H and O–H groups in total. The smallest absolute Gasteiger partial charge is 0.151 e. The molecule has 0 aromatic heterocycles. The first-order valence-corrected chi connectivity index (χ1v) is 7.28. The lowest BCUT2D eigenvalue weighted by Gasteiger charge is -2.28. The van der Waals surface area contributed by atoms with Gasteiger partial charge in [0.1, 0.15) is 0 Å². The van der Waals surface area contributed by atoms with Gasteiger partial charge < -0.3 is 19.7 Å². The summed E-state index contributed by atoms with van der Waals surface area (Å²) >= 11 is 0. The van der Waals surface area contributed by atoms with E-state index in [9.17, 15) is 9.46 Å². The predicted octanol–water partition coefficient (Wildman–Crippen LogP) is 2.47. The van der Waals surface area contributed by atoms with Crippen molar-refractivity contribution < 1.29 is 14.0 Å². The van der Waals surface area contributed by atoms with Crippen LogP contribution in [0.2, 0.25) is 0 Å². The summed E-state index contributed by atoms with van der Waals surface area (Å²) in [5.41, 5.74) is 5.29. The van der Waals surface area contributed by atoms with E-state index in [0.29, 0.717) is 12.8 Å². The van der Waals surface area contributed by atoms with Gasteiger partial charge in [-0.1, -0.05) is 40.5 Å². The van der Waals surface area contributed by atoms with Gasteiger partial charge >= 0.3 is 0 Å². The van der Waals surface area contributed by atoms with E-state index in [1.54, 1.807) is 6.92 Å². The molecule has 0 aromatic rings. The van der Waals surface area contributed by atoms with E-state index in [4.69, 9.17) is 5.73 Å². The Morgan fingerprint density at radius 1 is 1.20 bits per heavy atom. The third kappa shape index (κ3) is 10.4. The molecule has 0 aliphatic carbocycles. The number of nitrogens with two attached hydrogens (primary N) is 1. The highest BCUT2D eigenvalue weighted by molar-refractivity contribution is 7.52. The lowest BCUT2D eigenvalue weighted by Crippen LogP contribution is -2.26. The van der Waals surface area contributed by atoms with Crippen LogP contribution in [0.4, 0.5) is 0 Å². The first-order chi connectivity index (χ1) is 6.96. The topological polar surface area (TPSA) is 75.4 Å². The van der Waals surface area contributed by atoms with Gasteiger partial charge in [0.15, 0.2) is 7.60 Å². The lowest BCUT2D eigenvalue weighted by molar-refractivity contribution is -0.201. The third-order valence-corrected chi connectivity index (χ3v) is 3.52. The average molecular weight is 238 g/mol. The summed E-state index contributed by atoms with van der Waals surface area (Å²) in [5, 5.41) is 0. The number of unbranched alkanes of at least 4 members (excludes halogenated alkanes) is 1. The fourth-order valence-electron chi connectivity index (χ4n) is 0.538. The maximum absolute atomic E-state index is 11.0. The monoisotopic (exact) mass is 238 g/mol. The Morgan fingerprint density at radius 3 is 1.93 bits per heavy atom. The molecule has 0 spiro atoms. The van der Waals surface area contributed by atoms with Crippen molar-refractivity contribution in [2.24, 2.45) is 5.73 Å². The minimum atomic E-state index is -3.77. The first-order valence-electron chi connectivity index (χ1n) is 5.66. The van der Waals surface area contributed by atoms with Crippen LogP contribution in [0.5, 0.6) is 0 Å². The van der Waals surface area contributed by atoms with Gasteiger partial charge in [0.05, 0.1) is 12.4 Å².